The van der Waals surface area contributed by atoms with E-state index in [1.165, 1.54) is 80.9 Å². The molecule has 0 fully saturated rings. The largest absolute Gasteiger partial charge is 0.494 e. The summed E-state index contributed by atoms with van der Waals surface area (Å²) in [6.07, 6.45) is 15.1. The summed E-state index contributed by atoms with van der Waals surface area (Å²) < 4.78 is 19.6. The predicted molar refractivity (Wildman–Crippen MR) is 192 cm³/mol. The van der Waals surface area contributed by atoms with Crippen molar-refractivity contribution in [3.63, 3.8) is 0 Å². The maximum Gasteiger partial charge on any atom is 0.185 e. The Hall–Kier alpha value is -3.72. The molecular formula is C43H54O3. The third-order valence-electron chi connectivity index (χ3n) is 9.30. The molecule has 3 nitrogen and oxygen atoms in total. The number of ether oxygens (including phenoxy) is 3. The Morgan fingerprint density at radius 2 is 0.957 bits per heavy atom. The molecule has 0 N–H and O–H groups in total. The smallest absolute Gasteiger partial charge is 0.185 e. The first-order chi connectivity index (χ1) is 22.5. The molecule has 244 valence electrons. The Morgan fingerprint density at radius 1 is 0.500 bits per heavy atom. The van der Waals surface area contributed by atoms with Crippen LogP contribution >= 0.6 is 0 Å². The van der Waals surface area contributed by atoms with Gasteiger partial charge in [-0.1, -0.05) is 138 Å². The van der Waals surface area contributed by atoms with Gasteiger partial charge in [-0.25, -0.2) is 0 Å². The first kappa shape index (κ1) is 33.6. The summed E-state index contributed by atoms with van der Waals surface area (Å²) in [5, 5.41) is 0. The van der Waals surface area contributed by atoms with Crippen molar-refractivity contribution in [3.05, 3.63) is 113 Å². The van der Waals surface area contributed by atoms with Gasteiger partial charge < -0.3 is 14.2 Å². The van der Waals surface area contributed by atoms with Gasteiger partial charge in [0.15, 0.2) is 5.60 Å². The van der Waals surface area contributed by atoms with Crippen LogP contribution in [-0.2, 0) is 5.60 Å². The molecule has 46 heavy (non-hydrogen) atoms. The molecule has 0 aliphatic carbocycles. The Bertz CT molecular complexity index is 1440. The third kappa shape index (κ3) is 8.16. The quantitative estimate of drug-likeness (QED) is 0.104. The van der Waals surface area contributed by atoms with Gasteiger partial charge in [0.2, 0.25) is 0 Å². The lowest BCUT2D eigenvalue weighted by Crippen LogP contribution is -2.38. The average Bonchev–Trinajstić information content (AvgIpc) is 3.07. The molecule has 0 amide bonds. The first-order valence-corrected chi connectivity index (χ1v) is 17.9. The zero-order valence-corrected chi connectivity index (χ0v) is 28.7. The number of fused-ring (bicyclic) bond motifs is 3. The highest BCUT2D eigenvalue weighted by atomic mass is 16.5. The van der Waals surface area contributed by atoms with Crippen LogP contribution in [0.5, 0.6) is 17.2 Å². The van der Waals surface area contributed by atoms with Crippen LogP contribution in [-0.4, -0.2) is 13.2 Å². The van der Waals surface area contributed by atoms with Crippen LogP contribution in [0.2, 0.25) is 0 Å². The molecule has 5 rings (SSSR count). The van der Waals surface area contributed by atoms with Gasteiger partial charge in [0, 0.05) is 22.3 Å². The zero-order chi connectivity index (χ0) is 32.2. The Balaban J connectivity index is 1.42. The van der Waals surface area contributed by atoms with Crippen molar-refractivity contribution in [2.75, 3.05) is 13.2 Å². The van der Waals surface area contributed by atoms with Crippen molar-refractivity contribution in [2.24, 2.45) is 0 Å². The highest BCUT2D eigenvalue weighted by molar-refractivity contribution is 5.80. The summed E-state index contributed by atoms with van der Waals surface area (Å²) in [5.41, 5.74) is 7.23. The number of benzene rings is 4. The molecule has 0 unspecified atom stereocenters. The van der Waals surface area contributed by atoms with Crippen molar-refractivity contribution in [1.29, 1.82) is 0 Å². The zero-order valence-electron chi connectivity index (χ0n) is 28.7. The topological polar surface area (TPSA) is 27.7 Å². The van der Waals surface area contributed by atoms with Gasteiger partial charge in [0.05, 0.1) is 13.2 Å². The molecule has 1 heterocycles. The van der Waals surface area contributed by atoms with Gasteiger partial charge >= 0.3 is 0 Å². The van der Waals surface area contributed by atoms with E-state index in [0.29, 0.717) is 0 Å². The minimum atomic E-state index is -0.822. The highest BCUT2D eigenvalue weighted by Crippen LogP contribution is 2.52. The van der Waals surface area contributed by atoms with Gasteiger partial charge in [-0.2, -0.15) is 0 Å². The van der Waals surface area contributed by atoms with Crippen LogP contribution in [0, 0.1) is 13.8 Å². The third-order valence-corrected chi connectivity index (χ3v) is 9.30. The lowest BCUT2D eigenvalue weighted by molar-refractivity contribution is 0.151. The lowest BCUT2D eigenvalue weighted by atomic mass is 9.74. The molecule has 0 saturated heterocycles. The number of unbranched alkanes of at least 4 members (excludes halogenated alkanes) is 10. The van der Waals surface area contributed by atoms with Crippen molar-refractivity contribution >= 4 is 0 Å². The van der Waals surface area contributed by atoms with E-state index < -0.39 is 5.60 Å². The Labute approximate surface area is 278 Å². The van der Waals surface area contributed by atoms with Gasteiger partial charge in [0.25, 0.3) is 0 Å². The van der Waals surface area contributed by atoms with Gasteiger partial charge in [0.1, 0.15) is 17.2 Å². The van der Waals surface area contributed by atoms with E-state index >= 15 is 0 Å². The standard InChI is InChI=1S/C43H54O3/c1-5-7-9-11-13-15-29-44-37-23-19-35(20-24-37)43(36-21-25-38(26-22-36)45-30-16-14-12-10-8-6-2)41-31-33(3)17-27-39(41)40-28-18-34(4)32-42(40)46-43/h17-28,31-32H,5-16,29-30H2,1-4H3. The summed E-state index contributed by atoms with van der Waals surface area (Å²) in [6, 6.07) is 30.5. The fraction of sp³-hybridized carbons (Fsp3) is 0.442. The molecule has 0 spiro atoms. The molecule has 0 radical (unpaired) electrons. The number of hydrogen-bond acceptors (Lipinski definition) is 3. The molecule has 0 aromatic heterocycles. The summed E-state index contributed by atoms with van der Waals surface area (Å²) in [4.78, 5) is 0. The fourth-order valence-electron chi connectivity index (χ4n) is 6.65. The van der Waals surface area contributed by atoms with Crippen LogP contribution in [0.25, 0.3) is 11.1 Å². The minimum Gasteiger partial charge on any atom is -0.494 e. The Kier molecular flexibility index (Phi) is 12.2. The minimum absolute atomic E-state index is 0.752. The lowest BCUT2D eigenvalue weighted by Gasteiger charge is -2.41. The van der Waals surface area contributed by atoms with Gasteiger partial charge in [-0.15, -0.1) is 0 Å². The van der Waals surface area contributed by atoms with Crippen LogP contribution in [0.3, 0.4) is 0 Å². The van der Waals surface area contributed by atoms with Crippen molar-refractivity contribution in [3.8, 4) is 28.4 Å². The highest BCUT2D eigenvalue weighted by Gasteiger charge is 2.44. The van der Waals surface area contributed by atoms with Crippen molar-refractivity contribution in [2.45, 2.75) is 110 Å². The van der Waals surface area contributed by atoms with E-state index in [9.17, 15) is 0 Å². The van der Waals surface area contributed by atoms with E-state index in [1.807, 2.05) is 0 Å². The average molecular weight is 619 g/mol. The fourth-order valence-corrected chi connectivity index (χ4v) is 6.65. The maximum atomic E-state index is 7.24. The summed E-state index contributed by atoms with van der Waals surface area (Å²) in [5.74, 6) is 2.72. The van der Waals surface area contributed by atoms with Crippen LogP contribution < -0.4 is 14.2 Å². The van der Waals surface area contributed by atoms with Crippen LogP contribution in [0.4, 0.5) is 0 Å². The van der Waals surface area contributed by atoms with E-state index in [0.717, 1.165) is 65.6 Å². The van der Waals surface area contributed by atoms with Gasteiger partial charge in [-0.05, 0) is 68.1 Å². The SMILES string of the molecule is CCCCCCCCOc1ccc(C2(c3ccc(OCCCCCCCC)cc3)Oc3cc(C)ccc3-c3ccc(C)cc32)cc1. The Morgan fingerprint density at radius 3 is 1.48 bits per heavy atom. The molecule has 0 atom stereocenters. The van der Waals surface area contributed by atoms with E-state index in [2.05, 4.69) is 113 Å². The van der Waals surface area contributed by atoms with Gasteiger partial charge in [-0.3, -0.25) is 0 Å². The summed E-state index contributed by atoms with van der Waals surface area (Å²) in [7, 11) is 0. The van der Waals surface area contributed by atoms with Crippen molar-refractivity contribution in [1.82, 2.24) is 0 Å². The summed E-state index contributed by atoms with van der Waals surface area (Å²) in [6.45, 7) is 10.3. The van der Waals surface area contributed by atoms with E-state index in [1.54, 1.807) is 0 Å². The molecule has 1 aliphatic heterocycles. The maximum absolute atomic E-state index is 7.24. The molecule has 4 aromatic carbocycles. The summed E-state index contributed by atoms with van der Waals surface area (Å²) >= 11 is 0. The number of hydrogen-bond donors (Lipinski definition) is 0. The van der Waals surface area contributed by atoms with E-state index in [4.69, 9.17) is 14.2 Å². The number of aryl methyl sites for hydroxylation is 2. The van der Waals surface area contributed by atoms with Crippen molar-refractivity contribution < 1.29 is 14.2 Å². The van der Waals surface area contributed by atoms with E-state index in [-0.39, 0.29) is 0 Å². The monoisotopic (exact) mass is 618 g/mol. The molecule has 3 heteroatoms. The predicted octanol–water partition coefficient (Wildman–Crippen LogP) is 12.1. The number of rotatable bonds is 18. The second-order valence-corrected chi connectivity index (χ2v) is 13.1. The normalized spacial score (nSPS) is 13.0. The molecule has 0 saturated carbocycles. The second kappa shape index (κ2) is 16.7. The molecular weight excluding hydrogens is 564 g/mol. The van der Waals surface area contributed by atoms with Crippen LogP contribution in [0.1, 0.15) is 119 Å². The molecule has 4 aromatic rings. The molecule has 0 bridgehead atoms. The first-order valence-electron chi connectivity index (χ1n) is 17.9. The van der Waals surface area contributed by atoms with Crippen LogP contribution in [0.15, 0.2) is 84.9 Å². The second-order valence-electron chi connectivity index (χ2n) is 13.1. The molecule has 1 aliphatic rings.